The van der Waals surface area contributed by atoms with E-state index in [4.69, 9.17) is 0 Å². The van der Waals surface area contributed by atoms with Crippen LogP contribution < -0.4 is 10.6 Å². The van der Waals surface area contributed by atoms with Crippen molar-refractivity contribution in [1.29, 1.82) is 0 Å². The Morgan fingerprint density at radius 2 is 1.74 bits per heavy atom. The molecule has 2 N–H and O–H groups in total. The molecular formula is C15H17N3O. The lowest BCUT2D eigenvalue weighted by molar-refractivity contribution is 0.102. The second-order valence-corrected chi connectivity index (χ2v) is 4.19. The molecule has 2 aromatic rings. The smallest absolute Gasteiger partial charge is 0.255 e. The average molecular weight is 255 g/mol. The van der Waals surface area contributed by atoms with Gasteiger partial charge >= 0.3 is 0 Å². The van der Waals surface area contributed by atoms with Gasteiger partial charge in [0, 0.05) is 35.9 Å². The predicted octanol–water partition coefficient (Wildman–Crippen LogP) is 3.16. The Kier molecular flexibility index (Phi) is 4.50. The van der Waals surface area contributed by atoms with Crippen molar-refractivity contribution in [2.75, 3.05) is 17.2 Å². The largest absolute Gasteiger partial charge is 0.385 e. The van der Waals surface area contributed by atoms with E-state index in [0.29, 0.717) is 5.56 Å². The Morgan fingerprint density at radius 3 is 2.37 bits per heavy atom. The summed E-state index contributed by atoms with van der Waals surface area (Å²) in [7, 11) is 0. The van der Waals surface area contributed by atoms with Crippen molar-refractivity contribution in [3.8, 4) is 0 Å². The maximum Gasteiger partial charge on any atom is 0.255 e. The highest BCUT2D eigenvalue weighted by atomic mass is 16.1. The molecule has 0 aliphatic rings. The third kappa shape index (κ3) is 3.81. The van der Waals surface area contributed by atoms with Crippen LogP contribution >= 0.6 is 0 Å². The fraction of sp³-hybridized carbons (Fsp3) is 0.200. The fourth-order valence-electron chi connectivity index (χ4n) is 1.65. The number of nitrogens with zero attached hydrogens (tertiary/aromatic N) is 1. The highest BCUT2D eigenvalue weighted by Crippen LogP contribution is 2.12. The zero-order valence-electron chi connectivity index (χ0n) is 10.9. The third-order valence-corrected chi connectivity index (χ3v) is 2.66. The first kappa shape index (κ1) is 13.1. The van der Waals surface area contributed by atoms with E-state index >= 15 is 0 Å². The first-order chi connectivity index (χ1) is 9.29. The molecule has 0 fully saturated rings. The van der Waals surface area contributed by atoms with Gasteiger partial charge in [-0.05, 0) is 42.8 Å². The zero-order valence-corrected chi connectivity index (χ0v) is 10.9. The summed E-state index contributed by atoms with van der Waals surface area (Å²) in [5.74, 6) is -0.117. The average Bonchev–Trinajstić information content (AvgIpc) is 2.46. The first-order valence-electron chi connectivity index (χ1n) is 6.35. The summed E-state index contributed by atoms with van der Waals surface area (Å²) >= 11 is 0. The van der Waals surface area contributed by atoms with Gasteiger partial charge in [-0.3, -0.25) is 9.78 Å². The lowest BCUT2D eigenvalue weighted by atomic mass is 10.2. The number of benzene rings is 1. The van der Waals surface area contributed by atoms with Gasteiger partial charge in [0.15, 0.2) is 0 Å². The van der Waals surface area contributed by atoms with Crippen molar-refractivity contribution in [2.45, 2.75) is 13.3 Å². The van der Waals surface area contributed by atoms with Gasteiger partial charge in [0.1, 0.15) is 0 Å². The van der Waals surface area contributed by atoms with E-state index < -0.39 is 0 Å². The number of carbonyl (C=O) groups is 1. The standard InChI is InChI=1S/C15H17N3O/c1-2-9-17-13-5-3-12(4-6-13)15(19)18-14-7-10-16-11-8-14/h3-8,10-11,17H,2,9H2,1H3,(H,16,18,19). The van der Waals surface area contributed by atoms with Crippen LogP contribution in [0.3, 0.4) is 0 Å². The van der Waals surface area contributed by atoms with Gasteiger partial charge in [0.25, 0.3) is 5.91 Å². The lowest BCUT2D eigenvalue weighted by Gasteiger charge is -2.07. The van der Waals surface area contributed by atoms with Crippen molar-refractivity contribution in [3.63, 3.8) is 0 Å². The molecule has 19 heavy (non-hydrogen) atoms. The summed E-state index contributed by atoms with van der Waals surface area (Å²) < 4.78 is 0. The van der Waals surface area contributed by atoms with Crippen LogP contribution in [0.25, 0.3) is 0 Å². The number of hydrogen-bond acceptors (Lipinski definition) is 3. The Morgan fingerprint density at radius 1 is 1.05 bits per heavy atom. The predicted molar refractivity (Wildman–Crippen MR) is 77.4 cm³/mol. The van der Waals surface area contributed by atoms with E-state index in [1.165, 1.54) is 0 Å². The maximum absolute atomic E-state index is 12.0. The molecule has 0 aliphatic heterocycles. The van der Waals surface area contributed by atoms with E-state index in [0.717, 1.165) is 24.3 Å². The minimum atomic E-state index is -0.117. The summed E-state index contributed by atoms with van der Waals surface area (Å²) in [6.07, 6.45) is 4.37. The van der Waals surface area contributed by atoms with Crippen LogP contribution in [0.15, 0.2) is 48.8 Å². The monoisotopic (exact) mass is 255 g/mol. The van der Waals surface area contributed by atoms with Gasteiger partial charge in [-0.2, -0.15) is 0 Å². The summed E-state index contributed by atoms with van der Waals surface area (Å²) in [4.78, 5) is 15.9. The molecule has 0 saturated carbocycles. The van der Waals surface area contributed by atoms with E-state index in [1.54, 1.807) is 24.5 Å². The Labute approximate surface area is 112 Å². The molecule has 0 spiro atoms. The number of hydrogen-bond donors (Lipinski definition) is 2. The molecule has 1 aromatic carbocycles. The zero-order chi connectivity index (χ0) is 13.5. The quantitative estimate of drug-likeness (QED) is 0.863. The van der Waals surface area contributed by atoms with Crippen molar-refractivity contribution < 1.29 is 4.79 Å². The number of aromatic nitrogens is 1. The molecule has 0 saturated heterocycles. The molecule has 0 radical (unpaired) electrons. The van der Waals surface area contributed by atoms with E-state index in [9.17, 15) is 4.79 Å². The van der Waals surface area contributed by atoms with Gasteiger partial charge in [0.2, 0.25) is 0 Å². The molecular weight excluding hydrogens is 238 g/mol. The van der Waals surface area contributed by atoms with Crippen molar-refractivity contribution in [1.82, 2.24) is 4.98 Å². The molecule has 0 bridgehead atoms. The summed E-state index contributed by atoms with van der Waals surface area (Å²) in [6, 6.07) is 11.0. The fourth-order valence-corrected chi connectivity index (χ4v) is 1.65. The molecule has 4 heteroatoms. The van der Waals surface area contributed by atoms with Gasteiger partial charge in [-0.25, -0.2) is 0 Å². The number of nitrogens with one attached hydrogen (secondary N) is 2. The summed E-state index contributed by atoms with van der Waals surface area (Å²) in [6.45, 7) is 3.05. The van der Waals surface area contributed by atoms with Crippen LogP contribution in [0, 0.1) is 0 Å². The second-order valence-electron chi connectivity index (χ2n) is 4.19. The maximum atomic E-state index is 12.0. The molecule has 1 aromatic heterocycles. The van der Waals surface area contributed by atoms with Gasteiger partial charge in [-0.15, -0.1) is 0 Å². The van der Waals surface area contributed by atoms with E-state index in [-0.39, 0.29) is 5.91 Å². The topological polar surface area (TPSA) is 54.0 Å². The Hall–Kier alpha value is -2.36. The number of carbonyl (C=O) groups excluding carboxylic acids is 1. The number of pyridine rings is 1. The Bertz CT molecular complexity index is 523. The molecule has 4 nitrogen and oxygen atoms in total. The van der Waals surface area contributed by atoms with E-state index in [1.807, 2.05) is 24.3 Å². The highest BCUT2D eigenvalue weighted by Gasteiger charge is 2.05. The van der Waals surface area contributed by atoms with Crippen LogP contribution in [-0.2, 0) is 0 Å². The van der Waals surface area contributed by atoms with Gasteiger partial charge < -0.3 is 10.6 Å². The van der Waals surface area contributed by atoms with Crippen molar-refractivity contribution in [3.05, 3.63) is 54.4 Å². The highest BCUT2D eigenvalue weighted by molar-refractivity contribution is 6.04. The minimum absolute atomic E-state index is 0.117. The number of anilines is 2. The van der Waals surface area contributed by atoms with Crippen molar-refractivity contribution in [2.24, 2.45) is 0 Å². The van der Waals surface area contributed by atoms with Crippen LogP contribution in [0.5, 0.6) is 0 Å². The van der Waals surface area contributed by atoms with Gasteiger partial charge in [-0.1, -0.05) is 6.92 Å². The van der Waals surface area contributed by atoms with Crippen molar-refractivity contribution >= 4 is 17.3 Å². The normalized spacial score (nSPS) is 9.95. The van der Waals surface area contributed by atoms with Crippen LogP contribution in [0.2, 0.25) is 0 Å². The summed E-state index contributed by atoms with van der Waals surface area (Å²) in [5.41, 5.74) is 2.41. The van der Waals surface area contributed by atoms with Gasteiger partial charge in [0.05, 0.1) is 0 Å². The molecule has 98 valence electrons. The lowest BCUT2D eigenvalue weighted by Crippen LogP contribution is -2.11. The molecule has 1 heterocycles. The second kappa shape index (κ2) is 6.54. The molecule has 0 aliphatic carbocycles. The molecule has 1 amide bonds. The summed E-state index contributed by atoms with van der Waals surface area (Å²) in [5, 5.41) is 6.09. The number of amides is 1. The third-order valence-electron chi connectivity index (χ3n) is 2.66. The Balaban J connectivity index is 1.99. The molecule has 0 atom stereocenters. The van der Waals surface area contributed by atoms with Crippen LogP contribution in [0.1, 0.15) is 23.7 Å². The SMILES string of the molecule is CCCNc1ccc(C(=O)Nc2ccncc2)cc1. The number of rotatable bonds is 5. The first-order valence-corrected chi connectivity index (χ1v) is 6.35. The molecule has 2 rings (SSSR count). The molecule has 0 unspecified atom stereocenters. The van der Waals surface area contributed by atoms with Crippen LogP contribution in [0.4, 0.5) is 11.4 Å². The minimum Gasteiger partial charge on any atom is -0.385 e. The van der Waals surface area contributed by atoms with E-state index in [2.05, 4.69) is 22.5 Å². The van der Waals surface area contributed by atoms with Crippen LogP contribution in [-0.4, -0.2) is 17.4 Å².